The van der Waals surface area contributed by atoms with Gasteiger partial charge in [0.1, 0.15) is 5.76 Å². The largest absolute Gasteiger partial charge is 0.468 e. The zero-order valence-electron chi connectivity index (χ0n) is 14.7. The first kappa shape index (κ1) is 19.5. The molecule has 0 saturated heterocycles. The van der Waals surface area contributed by atoms with Crippen molar-refractivity contribution in [3.8, 4) is 0 Å². The van der Waals surface area contributed by atoms with Gasteiger partial charge in [0.05, 0.1) is 28.5 Å². The molecule has 27 heavy (non-hydrogen) atoms. The highest BCUT2D eigenvalue weighted by atomic mass is 35.5. The standard InChI is InChI=1S/C21H20Cl2N2O2/c22-18-9-4-10-19(23)21(18)24-20(26)11-12-25(15-17-8-5-13-27-17)14-16-6-2-1-3-7-16/h1-10,13H,11-12,14-15H2,(H,24,26). The molecular formula is C21H20Cl2N2O2. The summed E-state index contributed by atoms with van der Waals surface area (Å²) in [6.07, 6.45) is 1.97. The number of rotatable bonds is 8. The van der Waals surface area contributed by atoms with Crippen molar-refractivity contribution in [1.82, 2.24) is 4.90 Å². The van der Waals surface area contributed by atoms with Gasteiger partial charge in [0.15, 0.2) is 0 Å². The number of hydrogen-bond donors (Lipinski definition) is 1. The molecular weight excluding hydrogens is 383 g/mol. The average Bonchev–Trinajstić information content (AvgIpc) is 3.17. The third kappa shape index (κ3) is 5.86. The van der Waals surface area contributed by atoms with Crippen molar-refractivity contribution in [3.63, 3.8) is 0 Å². The van der Waals surface area contributed by atoms with Crippen molar-refractivity contribution in [2.75, 3.05) is 11.9 Å². The maximum absolute atomic E-state index is 12.4. The molecule has 0 bridgehead atoms. The van der Waals surface area contributed by atoms with E-state index >= 15 is 0 Å². The van der Waals surface area contributed by atoms with Gasteiger partial charge in [0.25, 0.3) is 0 Å². The lowest BCUT2D eigenvalue weighted by atomic mass is 10.2. The first-order valence-corrected chi connectivity index (χ1v) is 9.40. The van der Waals surface area contributed by atoms with Gasteiger partial charge in [0.2, 0.25) is 5.91 Å². The highest BCUT2D eigenvalue weighted by Gasteiger charge is 2.13. The third-order valence-electron chi connectivity index (χ3n) is 4.09. The van der Waals surface area contributed by atoms with Gasteiger partial charge in [-0.2, -0.15) is 0 Å². The maximum Gasteiger partial charge on any atom is 0.225 e. The van der Waals surface area contributed by atoms with E-state index in [4.69, 9.17) is 27.6 Å². The predicted octanol–water partition coefficient (Wildman–Crippen LogP) is 5.62. The minimum absolute atomic E-state index is 0.137. The molecule has 1 N–H and O–H groups in total. The summed E-state index contributed by atoms with van der Waals surface area (Å²) in [6, 6.07) is 19.1. The molecule has 1 aromatic heterocycles. The third-order valence-corrected chi connectivity index (χ3v) is 4.72. The number of carbonyl (C=O) groups excluding carboxylic acids is 1. The quantitative estimate of drug-likeness (QED) is 0.531. The molecule has 0 aliphatic carbocycles. The van der Waals surface area contributed by atoms with E-state index in [1.165, 1.54) is 5.56 Å². The lowest BCUT2D eigenvalue weighted by Gasteiger charge is -2.21. The number of halogens is 2. The molecule has 0 radical (unpaired) electrons. The Balaban J connectivity index is 1.62. The van der Waals surface area contributed by atoms with Crippen LogP contribution >= 0.6 is 23.2 Å². The monoisotopic (exact) mass is 402 g/mol. The van der Waals surface area contributed by atoms with Crippen LogP contribution in [0.3, 0.4) is 0 Å². The predicted molar refractivity (Wildman–Crippen MR) is 109 cm³/mol. The lowest BCUT2D eigenvalue weighted by Crippen LogP contribution is -2.27. The Morgan fingerprint density at radius 2 is 1.67 bits per heavy atom. The van der Waals surface area contributed by atoms with Gasteiger partial charge in [-0.05, 0) is 29.8 Å². The van der Waals surface area contributed by atoms with E-state index in [2.05, 4.69) is 22.3 Å². The molecule has 0 aliphatic heterocycles. The van der Waals surface area contributed by atoms with Crippen molar-refractivity contribution in [3.05, 3.63) is 88.3 Å². The fourth-order valence-electron chi connectivity index (χ4n) is 2.76. The number of amides is 1. The van der Waals surface area contributed by atoms with Crippen LogP contribution in [-0.4, -0.2) is 17.4 Å². The summed E-state index contributed by atoms with van der Waals surface area (Å²) < 4.78 is 5.46. The maximum atomic E-state index is 12.4. The van der Waals surface area contributed by atoms with E-state index in [1.807, 2.05) is 30.3 Å². The van der Waals surface area contributed by atoms with Crippen LogP contribution in [0.15, 0.2) is 71.3 Å². The molecule has 0 aliphatic rings. The summed E-state index contributed by atoms with van der Waals surface area (Å²) in [6.45, 7) is 1.92. The second kappa shape index (κ2) is 9.60. The minimum atomic E-state index is -0.137. The summed E-state index contributed by atoms with van der Waals surface area (Å²) >= 11 is 12.2. The molecule has 140 valence electrons. The first-order chi connectivity index (χ1) is 13.1. The molecule has 6 heteroatoms. The van der Waals surface area contributed by atoms with Crippen LogP contribution < -0.4 is 5.32 Å². The summed E-state index contributed by atoms with van der Waals surface area (Å²) in [5.74, 6) is 0.725. The Morgan fingerprint density at radius 1 is 0.926 bits per heavy atom. The molecule has 2 aromatic carbocycles. The van der Waals surface area contributed by atoms with Crippen molar-refractivity contribution < 1.29 is 9.21 Å². The highest BCUT2D eigenvalue weighted by Crippen LogP contribution is 2.29. The summed E-state index contributed by atoms with van der Waals surface area (Å²) in [5, 5.41) is 3.65. The average molecular weight is 403 g/mol. The molecule has 0 saturated carbocycles. The van der Waals surface area contributed by atoms with E-state index in [1.54, 1.807) is 24.5 Å². The van der Waals surface area contributed by atoms with Crippen LogP contribution in [0.5, 0.6) is 0 Å². The SMILES string of the molecule is O=C(CCN(Cc1ccccc1)Cc1ccco1)Nc1c(Cl)cccc1Cl. The first-order valence-electron chi connectivity index (χ1n) is 8.64. The Kier molecular flexibility index (Phi) is 6.93. The van der Waals surface area contributed by atoms with Gasteiger partial charge in [-0.3, -0.25) is 9.69 Å². The van der Waals surface area contributed by atoms with Crippen molar-refractivity contribution in [2.45, 2.75) is 19.5 Å². The zero-order valence-corrected chi connectivity index (χ0v) is 16.2. The van der Waals surface area contributed by atoms with E-state index < -0.39 is 0 Å². The zero-order chi connectivity index (χ0) is 19.1. The van der Waals surface area contributed by atoms with Crippen LogP contribution in [0.2, 0.25) is 10.0 Å². The number of furan rings is 1. The van der Waals surface area contributed by atoms with Crippen LogP contribution in [0, 0.1) is 0 Å². The van der Waals surface area contributed by atoms with E-state index in [9.17, 15) is 4.79 Å². The van der Waals surface area contributed by atoms with Crippen molar-refractivity contribution in [1.29, 1.82) is 0 Å². The molecule has 4 nitrogen and oxygen atoms in total. The molecule has 0 unspecified atom stereocenters. The van der Waals surface area contributed by atoms with Crippen molar-refractivity contribution in [2.24, 2.45) is 0 Å². The van der Waals surface area contributed by atoms with Crippen LogP contribution in [0.25, 0.3) is 0 Å². The fraction of sp³-hybridized carbons (Fsp3) is 0.190. The number of nitrogens with zero attached hydrogens (tertiary/aromatic N) is 1. The number of benzene rings is 2. The minimum Gasteiger partial charge on any atom is -0.468 e. The molecule has 3 aromatic rings. The second-order valence-electron chi connectivity index (χ2n) is 6.17. The Labute approximate surface area is 168 Å². The Bertz CT molecular complexity index is 847. The number of para-hydroxylation sites is 1. The van der Waals surface area contributed by atoms with Crippen LogP contribution in [-0.2, 0) is 17.9 Å². The van der Waals surface area contributed by atoms with Gasteiger partial charge < -0.3 is 9.73 Å². The summed E-state index contributed by atoms with van der Waals surface area (Å²) in [4.78, 5) is 14.6. The summed E-state index contributed by atoms with van der Waals surface area (Å²) in [5.41, 5.74) is 1.63. The number of anilines is 1. The summed E-state index contributed by atoms with van der Waals surface area (Å²) in [7, 11) is 0. The second-order valence-corrected chi connectivity index (χ2v) is 6.98. The van der Waals surface area contributed by atoms with Crippen LogP contribution in [0.1, 0.15) is 17.7 Å². The van der Waals surface area contributed by atoms with Gasteiger partial charge in [0, 0.05) is 19.5 Å². The van der Waals surface area contributed by atoms with E-state index in [0.29, 0.717) is 35.2 Å². The topological polar surface area (TPSA) is 45.5 Å². The molecule has 0 spiro atoms. The Morgan fingerprint density at radius 3 is 2.33 bits per heavy atom. The van der Waals surface area contributed by atoms with Gasteiger partial charge in [-0.1, -0.05) is 59.6 Å². The number of nitrogens with one attached hydrogen (secondary N) is 1. The highest BCUT2D eigenvalue weighted by molar-refractivity contribution is 6.39. The smallest absolute Gasteiger partial charge is 0.225 e. The number of carbonyl (C=O) groups is 1. The van der Waals surface area contributed by atoms with Crippen LogP contribution in [0.4, 0.5) is 5.69 Å². The molecule has 0 fully saturated rings. The van der Waals surface area contributed by atoms with Gasteiger partial charge in [-0.15, -0.1) is 0 Å². The number of hydrogen-bond acceptors (Lipinski definition) is 3. The van der Waals surface area contributed by atoms with Gasteiger partial charge in [-0.25, -0.2) is 0 Å². The molecule has 3 rings (SSSR count). The van der Waals surface area contributed by atoms with Gasteiger partial charge >= 0.3 is 0 Å². The Hall–Kier alpha value is -2.27. The molecule has 1 heterocycles. The van der Waals surface area contributed by atoms with E-state index in [0.717, 1.165) is 12.3 Å². The van der Waals surface area contributed by atoms with Crippen molar-refractivity contribution >= 4 is 34.8 Å². The van der Waals surface area contributed by atoms with E-state index in [-0.39, 0.29) is 5.91 Å². The normalized spacial score (nSPS) is 10.9. The molecule has 1 amide bonds. The lowest BCUT2D eigenvalue weighted by molar-refractivity contribution is -0.116. The fourth-order valence-corrected chi connectivity index (χ4v) is 3.25. The molecule has 0 atom stereocenters.